The van der Waals surface area contributed by atoms with Crippen LogP contribution in [0.25, 0.3) is 10.9 Å². The van der Waals surface area contributed by atoms with Crippen LogP contribution in [0.2, 0.25) is 0 Å². The number of carbonyl (C=O) groups excluding carboxylic acids is 1. The number of amides is 1. The quantitative estimate of drug-likeness (QED) is 0.777. The van der Waals surface area contributed by atoms with Crippen LogP contribution in [0, 0.1) is 5.92 Å². The van der Waals surface area contributed by atoms with Crippen molar-refractivity contribution in [2.75, 3.05) is 26.2 Å². The Bertz CT molecular complexity index is 743. The zero-order chi connectivity index (χ0) is 17.8. The highest BCUT2D eigenvalue weighted by atomic mass is 35.5. The lowest BCUT2D eigenvalue weighted by molar-refractivity contribution is 0.0692. The summed E-state index contributed by atoms with van der Waals surface area (Å²) < 4.78 is 0. The van der Waals surface area contributed by atoms with Gasteiger partial charge in [-0.05, 0) is 49.9 Å². The first kappa shape index (κ1) is 23.7. The summed E-state index contributed by atoms with van der Waals surface area (Å²) in [5.41, 5.74) is 2.71. The predicted octanol–water partition coefficient (Wildman–Crippen LogP) is 4.66. The molecule has 1 N–H and O–H groups in total. The molecule has 0 atom stereocenters. The van der Waals surface area contributed by atoms with Gasteiger partial charge in [-0.15, -0.1) is 24.8 Å². The Morgan fingerprint density at radius 3 is 2.52 bits per heavy atom. The summed E-state index contributed by atoms with van der Waals surface area (Å²) in [4.78, 5) is 19.9. The molecule has 0 bridgehead atoms. The van der Waals surface area contributed by atoms with Crippen LogP contribution in [-0.4, -0.2) is 42.0 Å². The first-order valence-corrected chi connectivity index (χ1v) is 9.49. The molecule has 1 aromatic heterocycles. The zero-order valence-corrected chi connectivity index (χ0v) is 18.0. The molecule has 1 aliphatic heterocycles. The second-order valence-electron chi connectivity index (χ2n) is 7.31. The number of rotatable bonds is 5. The summed E-state index contributed by atoms with van der Waals surface area (Å²) >= 11 is 0. The summed E-state index contributed by atoms with van der Waals surface area (Å²) in [6, 6.07) is 9.98. The van der Waals surface area contributed by atoms with Gasteiger partial charge in [-0.3, -0.25) is 9.78 Å². The van der Waals surface area contributed by atoms with Crippen LogP contribution in [-0.2, 0) is 0 Å². The standard InChI is InChI=1S/C21H29N3O.2ClH/c1-4-22-14-16-9-11-24(12-10-16)21(25)18-13-20(15(2)3)23-19-8-6-5-7-17(18)19;;/h5-8,13,15-16,22H,4,9-12,14H2,1-3H3;2*1H. The van der Waals surface area contributed by atoms with Crippen LogP contribution in [0.4, 0.5) is 0 Å². The average Bonchev–Trinajstić information content (AvgIpc) is 2.65. The van der Waals surface area contributed by atoms with E-state index in [4.69, 9.17) is 4.98 Å². The molecular weight excluding hydrogens is 381 g/mol. The number of likely N-dealkylation sites (tertiary alicyclic amines) is 1. The number of halogens is 2. The number of nitrogens with zero attached hydrogens (tertiary/aromatic N) is 2. The molecule has 0 radical (unpaired) electrons. The fourth-order valence-electron chi connectivity index (χ4n) is 3.53. The van der Waals surface area contributed by atoms with Crippen molar-refractivity contribution in [1.82, 2.24) is 15.2 Å². The van der Waals surface area contributed by atoms with Gasteiger partial charge in [0.2, 0.25) is 0 Å². The van der Waals surface area contributed by atoms with Crippen LogP contribution in [0.1, 0.15) is 55.6 Å². The Hall–Kier alpha value is -1.36. The highest BCUT2D eigenvalue weighted by Crippen LogP contribution is 2.25. The predicted molar refractivity (Wildman–Crippen MR) is 117 cm³/mol. The van der Waals surface area contributed by atoms with E-state index in [0.29, 0.717) is 11.8 Å². The molecular formula is C21H31Cl2N3O. The number of para-hydroxylation sites is 1. The molecule has 1 saturated heterocycles. The smallest absolute Gasteiger partial charge is 0.254 e. The molecule has 0 aliphatic carbocycles. The van der Waals surface area contributed by atoms with Gasteiger partial charge >= 0.3 is 0 Å². The van der Waals surface area contributed by atoms with Crippen LogP contribution < -0.4 is 5.32 Å². The third kappa shape index (κ3) is 5.56. The molecule has 1 aromatic carbocycles. The Labute approximate surface area is 174 Å². The number of aromatic nitrogens is 1. The molecule has 2 aromatic rings. The molecule has 1 fully saturated rings. The molecule has 27 heavy (non-hydrogen) atoms. The van der Waals surface area contributed by atoms with E-state index in [-0.39, 0.29) is 30.7 Å². The molecule has 1 amide bonds. The average molecular weight is 412 g/mol. The van der Waals surface area contributed by atoms with Gasteiger partial charge in [-0.2, -0.15) is 0 Å². The monoisotopic (exact) mass is 411 g/mol. The highest BCUT2D eigenvalue weighted by molar-refractivity contribution is 6.06. The molecule has 3 rings (SSSR count). The number of hydrogen-bond donors (Lipinski definition) is 1. The van der Waals surface area contributed by atoms with E-state index in [1.165, 1.54) is 0 Å². The van der Waals surface area contributed by atoms with E-state index in [2.05, 4.69) is 26.1 Å². The van der Waals surface area contributed by atoms with Gasteiger partial charge in [-0.25, -0.2) is 0 Å². The lowest BCUT2D eigenvalue weighted by Gasteiger charge is -2.32. The normalized spacial score (nSPS) is 14.7. The second kappa shape index (κ2) is 10.8. The molecule has 1 aliphatic rings. The van der Waals surface area contributed by atoms with Crippen molar-refractivity contribution in [1.29, 1.82) is 0 Å². The number of hydrogen-bond acceptors (Lipinski definition) is 3. The number of carbonyl (C=O) groups is 1. The number of benzene rings is 1. The summed E-state index contributed by atoms with van der Waals surface area (Å²) in [5.74, 6) is 1.15. The van der Waals surface area contributed by atoms with Crippen LogP contribution in [0.5, 0.6) is 0 Å². The van der Waals surface area contributed by atoms with Gasteiger partial charge in [0.15, 0.2) is 0 Å². The minimum atomic E-state index is 0. The van der Waals surface area contributed by atoms with E-state index >= 15 is 0 Å². The summed E-state index contributed by atoms with van der Waals surface area (Å²) in [6.07, 6.45) is 2.16. The molecule has 6 heteroatoms. The first-order valence-electron chi connectivity index (χ1n) is 9.49. The van der Waals surface area contributed by atoms with E-state index in [1.54, 1.807) is 0 Å². The van der Waals surface area contributed by atoms with E-state index in [1.807, 2.05) is 35.2 Å². The van der Waals surface area contributed by atoms with Crippen LogP contribution in [0.15, 0.2) is 30.3 Å². The number of nitrogens with one attached hydrogen (secondary N) is 1. The van der Waals surface area contributed by atoms with Gasteiger partial charge < -0.3 is 10.2 Å². The Morgan fingerprint density at radius 2 is 1.89 bits per heavy atom. The van der Waals surface area contributed by atoms with Gasteiger partial charge in [0.25, 0.3) is 5.91 Å². The maximum Gasteiger partial charge on any atom is 0.254 e. The maximum absolute atomic E-state index is 13.2. The molecule has 150 valence electrons. The van der Waals surface area contributed by atoms with Gasteiger partial charge in [0, 0.05) is 24.2 Å². The molecule has 4 nitrogen and oxygen atoms in total. The number of pyridine rings is 1. The van der Waals surface area contributed by atoms with Gasteiger partial charge in [0.05, 0.1) is 11.1 Å². The van der Waals surface area contributed by atoms with Crippen molar-refractivity contribution in [3.63, 3.8) is 0 Å². The van der Waals surface area contributed by atoms with E-state index in [0.717, 1.165) is 61.2 Å². The Morgan fingerprint density at radius 1 is 1.22 bits per heavy atom. The molecule has 2 heterocycles. The van der Waals surface area contributed by atoms with E-state index < -0.39 is 0 Å². The van der Waals surface area contributed by atoms with Crippen molar-refractivity contribution >= 4 is 41.6 Å². The van der Waals surface area contributed by atoms with Crippen molar-refractivity contribution < 1.29 is 4.79 Å². The Kier molecular flexibility index (Phi) is 9.51. The number of fused-ring (bicyclic) bond motifs is 1. The minimum Gasteiger partial charge on any atom is -0.339 e. The maximum atomic E-state index is 13.2. The first-order chi connectivity index (χ1) is 12.1. The van der Waals surface area contributed by atoms with Gasteiger partial charge in [-0.1, -0.05) is 39.0 Å². The van der Waals surface area contributed by atoms with Crippen molar-refractivity contribution in [2.24, 2.45) is 5.92 Å². The summed E-state index contributed by atoms with van der Waals surface area (Å²) in [7, 11) is 0. The van der Waals surface area contributed by atoms with Crippen molar-refractivity contribution in [3.8, 4) is 0 Å². The molecule has 0 saturated carbocycles. The van der Waals surface area contributed by atoms with Gasteiger partial charge in [0.1, 0.15) is 0 Å². The topological polar surface area (TPSA) is 45.2 Å². The van der Waals surface area contributed by atoms with Crippen molar-refractivity contribution in [3.05, 3.63) is 41.6 Å². The molecule has 0 unspecified atom stereocenters. The number of piperidine rings is 1. The van der Waals surface area contributed by atoms with Crippen molar-refractivity contribution in [2.45, 2.75) is 39.5 Å². The highest BCUT2D eigenvalue weighted by Gasteiger charge is 2.25. The lowest BCUT2D eigenvalue weighted by atomic mass is 9.95. The minimum absolute atomic E-state index is 0. The summed E-state index contributed by atoms with van der Waals surface area (Å²) in [6.45, 7) is 10.2. The fraction of sp³-hybridized carbons (Fsp3) is 0.524. The SMILES string of the molecule is CCNCC1CCN(C(=O)c2cc(C(C)C)nc3ccccc23)CC1.Cl.Cl. The largest absolute Gasteiger partial charge is 0.339 e. The second-order valence-corrected chi connectivity index (χ2v) is 7.31. The third-order valence-corrected chi connectivity index (χ3v) is 5.14. The zero-order valence-electron chi connectivity index (χ0n) is 16.4. The van der Waals surface area contributed by atoms with E-state index in [9.17, 15) is 4.79 Å². The van der Waals surface area contributed by atoms with Crippen LogP contribution in [0.3, 0.4) is 0 Å². The third-order valence-electron chi connectivity index (χ3n) is 5.14. The fourth-order valence-corrected chi connectivity index (χ4v) is 3.53. The summed E-state index contributed by atoms with van der Waals surface area (Å²) in [5, 5.41) is 4.39. The van der Waals surface area contributed by atoms with Crippen LogP contribution >= 0.6 is 24.8 Å². The Balaban J connectivity index is 0.00000182. The molecule has 0 spiro atoms. The lowest BCUT2D eigenvalue weighted by Crippen LogP contribution is -2.40.